The van der Waals surface area contributed by atoms with Crippen LogP contribution < -0.4 is 21.3 Å². The van der Waals surface area contributed by atoms with Crippen LogP contribution in [0.3, 0.4) is 0 Å². The van der Waals surface area contributed by atoms with E-state index in [4.69, 9.17) is 10.5 Å². The van der Waals surface area contributed by atoms with Crippen LogP contribution in [0.25, 0.3) is 11.4 Å². The second-order valence-electron chi connectivity index (χ2n) is 7.12. The summed E-state index contributed by atoms with van der Waals surface area (Å²) in [5, 5.41) is 5.18. The van der Waals surface area contributed by atoms with Crippen molar-refractivity contribution in [2.24, 2.45) is 5.73 Å². The van der Waals surface area contributed by atoms with Crippen LogP contribution in [-0.2, 0) is 4.74 Å². The fourth-order valence-electron chi connectivity index (χ4n) is 3.16. The number of primary amides is 1. The number of nitrogens with one attached hydrogen (secondary N) is 2. The Balaban J connectivity index is 1.41. The number of aromatic nitrogens is 4. The predicted molar refractivity (Wildman–Crippen MR) is 118 cm³/mol. The topological polar surface area (TPSA) is 148 Å². The van der Waals surface area contributed by atoms with Gasteiger partial charge in [0.25, 0.3) is 0 Å². The van der Waals surface area contributed by atoms with Crippen LogP contribution in [-0.4, -0.2) is 58.2 Å². The van der Waals surface area contributed by atoms with E-state index in [1.807, 2.05) is 6.92 Å². The monoisotopic (exact) mass is 434 g/mol. The number of amides is 3. The number of hydrogen-bond donors (Lipinski definition) is 3. The summed E-state index contributed by atoms with van der Waals surface area (Å²) < 4.78 is 5.41. The molecule has 3 heterocycles. The van der Waals surface area contributed by atoms with E-state index in [9.17, 15) is 9.59 Å². The highest BCUT2D eigenvalue weighted by Crippen LogP contribution is 2.22. The van der Waals surface area contributed by atoms with Crippen molar-refractivity contribution in [3.05, 3.63) is 54.0 Å². The average molecular weight is 434 g/mol. The minimum absolute atomic E-state index is 0.125. The smallest absolute Gasteiger partial charge is 0.326 e. The van der Waals surface area contributed by atoms with Crippen LogP contribution in [0.1, 0.15) is 15.9 Å². The summed E-state index contributed by atoms with van der Waals surface area (Å²) in [5.41, 5.74) is 7.66. The summed E-state index contributed by atoms with van der Waals surface area (Å²) in [7, 11) is 0. The van der Waals surface area contributed by atoms with Gasteiger partial charge in [-0.25, -0.2) is 24.7 Å². The Kier molecular flexibility index (Phi) is 6.17. The number of urea groups is 1. The highest BCUT2D eigenvalue weighted by molar-refractivity contribution is 5.99. The SMILES string of the molecule is Cc1cnc(-c2cnc(NC(=O)Nc3ccc(C(N)=O)cc3)nc2)nc1N1CCOCC1. The minimum Gasteiger partial charge on any atom is -0.378 e. The molecule has 1 fully saturated rings. The molecule has 1 aliphatic rings. The molecule has 0 atom stereocenters. The van der Waals surface area contributed by atoms with Crippen LogP contribution in [0.2, 0.25) is 0 Å². The lowest BCUT2D eigenvalue weighted by Gasteiger charge is -2.29. The van der Waals surface area contributed by atoms with E-state index in [-0.39, 0.29) is 5.95 Å². The fourth-order valence-corrected chi connectivity index (χ4v) is 3.16. The van der Waals surface area contributed by atoms with Gasteiger partial charge in [-0.2, -0.15) is 0 Å². The summed E-state index contributed by atoms with van der Waals surface area (Å²) in [4.78, 5) is 42.9. The lowest BCUT2D eigenvalue weighted by molar-refractivity contribution is 0.1000. The zero-order valence-corrected chi connectivity index (χ0v) is 17.4. The van der Waals surface area contributed by atoms with Crippen molar-refractivity contribution in [2.45, 2.75) is 6.92 Å². The van der Waals surface area contributed by atoms with Gasteiger partial charge in [0.2, 0.25) is 11.9 Å². The molecule has 1 aromatic carbocycles. The Labute approximate surface area is 184 Å². The third-order valence-electron chi connectivity index (χ3n) is 4.82. The van der Waals surface area contributed by atoms with Gasteiger partial charge in [0.15, 0.2) is 5.82 Å². The van der Waals surface area contributed by atoms with Crippen molar-refractivity contribution in [2.75, 3.05) is 41.8 Å². The van der Waals surface area contributed by atoms with E-state index in [1.165, 1.54) is 12.1 Å². The van der Waals surface area contributed by atoms with Gasteiger partial charge >= 0.3 is 6.03 Å². The first-order valence-electron chi connectivity index (χ1n) is 9.96. The van der Waals surface area contributed by atoms with E-state index in [0.717, 1.165) is 24.5 Å². The number of nitrogens with zero attached hydrogens (tertiary/aromatic N) is 5. The largest absolute Gasteiger partial charge is 0.378 e. The molecule has 32 heavy (non-hydrogen) atoms. The molecular formula is C21H22N8O3. The van der Waals surface area contributed by atoms with Crippen LogP contribution >= 0.6 is 0 Å². The summed E-state index contributed by atoms with van der Waals surface area (Å²) in [6.07, 6.45) is 4.88. The molecule has 3 amide bonds. The van der Waals surface area contributed by atoms with Crippen LogP contribution in [0, 0.1) is 6.92 Å². The van der Waals surface area contributed by atoms with E-state index in [0.29, 0.717) is 35.9 Å². The zero-order valence-electron chi connectivity index (χ0n) is 17.4. The minimum atomic E-state index is -0.538. The van der Waals surface area contributed by atoms with Gasteiger partial charge in [0, 0.05) is 48.5 Å². The van der Waals surface area contributed by atoms with Gasteiger partial charge in [0.1, 0.15) is 5.82 Å². The Morgan fingerprint density at radius 1 is 1.00 bits per heavy atom. The highest BCUT2D eigenvalue weighted by atomic mass is 16.5. The molecule has 0 bridgehead atoms. The van der Waals surface area contributed by atoms with Crippen molar-refractivity contribution >= 4 is 29.4 Å². The maximum atomic E-state index is 12.2. The molecule has 3 aromatic rings. The van der Waals surface area contributed by atoms with Gasteiger partial charge in [-0.05, 0) is 31.2 Å². The van der Waals surface area contributed by atoms with Crippen molar-refractivity contribution in [1.29, 1.82) is 0 Å². The van der Waals surface area contributed by atoms with Crippen molar-refractivity contribution < 1.29 is 14.3 Å². The molecular weight excluding hydrogens is 412 g/mol. The molecule has 0 radical (unpaired) electrons. The van der Waals surface area contributed by atoms with E-state index >= 15 is 0 Å². The Bertz CT molecular complexity index is 1110. The Hall–Kier alpha value is -4.12. The first-order chi connectivity index (χ1) is 15.5. The molecule has 164 valence electrons. The number of anilines is 3. The fraction of sp³-hybridized carbons (Fsp3) is 0.238. The van der Waals surface area contributed by atoms with Gasteiger partial charge in [-0.3, -0.25) is 10.1 Å². The molecule has 2 aromatic heterocycles. The van der Waals surface area contributed by atoms with Crippen LogP contribution in [0.5, 0.6) is 0 Å². The number of carbonyl (C=O) groups excluding carboxylic acids is 2. The quantitative estimate of drug-likeness (QED) is 0.551. The molecule has 1 aliphatic heterocycles. The molecule has 0 unspecified atom stereocenters. The highest BCUT2D eigenvalue weighted by Gasteiger charge is 2.16. The lowest BCUT2D eigenvalue weighted by atomic mass is 10.2. The van der Waals surface area contributed by atoms with Gasteiger partial charge in [-0.1, -0.05) is 0 Å². The Morgan fingerprint density at radius 3 is 2.34 bits per heavy atom. The molecule has 0 aliphatic carbocycles. The van der Waals surface area contributed by atoms with E-state index in [2.05, 4.69) is 35.5 Å². The number of nitrogens with two attached hydrogens (primary N) is 1. The predicted octanol–water partition coefficient (Wildman–Crippen LogP) is 1.82. The number of hydrogen-bond acceptors (Lipinski definition) is 8. The third kappa shape index (κ3) is 4.95. The molecule has 4 rings (SSSR count). The number of ether oxygens (including phenoxy) is 1. The maximum Gasteiger partial charge on any atom is 0.326 e. The second kappa shape index (κ2) is 9.35. The average Bonchev–Trinajstić information content (AvgIpc) is 2.81. The van der Waals surface area contributed by atoms with Gasteiger partial charge in [0.05, 0.1) is 18.8 Å². The third-order valence-corrected chi connectivity index (χ3v) is 4.82. The van der Waals surface area contributed by atoms with Crippen molar-refractivity contribution in [3.8, 4) is 11.4 Å². The van der Waals surface area contributed by atoms with E-state index < -0.39 is 11.9 Å². The molecule has 11 heteroatoms. The second-order valence-corrected chi connectivity index (χ2v) is 7.12. The number of benzene rings is 1. The van der Waals surface area contributed by atoms with Crippen LogP contribution in [0.15, 0.2) is 42.9 Å². The standard InChI is InChI=1S/C21H22N8O3/c1-13-10-23-18(27-19(13)29-6-8-32-9-7-29)15-11-24-20(25-12-15)28-21(31)26-16-4-2-14(3-5-16)17(22)30/h2-5,10-12H,6-9H2,1H3,(H2,22,30)(H2,24,25,26,28,31). The van der Waals surface area contributed by atoms with Crippen LogP contribution in [0.4, 0.5) is 22.2 Å². The molecule has 4 N–H and O–H groups in total. The summed E-state index contributed by atoms with van der Waals surface area (Å²) in [5.74, 6) is 0.953. The van der Waals surface area contributed by atoms with E-state index in [1.54, 1.807) is 30.7 Å². The molecule has 0 spiro atoms. The maximum absolute atomic E-state index is 12.2. The van der Waals surface area contributed by atoms with Crippen molar-refractivity contribution in [1.82, 2.24) is 19.9 Å². The summed E-state index contributed by atoms with van der Waals surface area (Å²) in [6.45, 7) is 4.85. The normalized spacial score (nSPS) is 13.5. The first kappa shape index (κ1) is 21.1. The Morgan fingerprint density at radius 2 is 1.69 bits per heavy atom. The summed E-state index contributed by atoms with van der Waals surface area (Å²) >= 11 is 0. The summed E-state index contributed by atoms with van der Waals surface area (Å²) in [6, 6.07) is 5.67. The number of carbonyl (C=O) groups is 2. The first-order valence-corrected chi connectivity index (χ1v) is 9.96. The zero-order chi connectivity index (χ0) is 22.5. The van der Waals surface area contributed by atoms with Gasteiger partial charge < -0.3 is 20.7 Å². The molecule has 1 saturated heterocycles. The molecule has 0 saturated carbocycles. The number of aryl methyl sites for hydroxylation is 1. The van der Waals surface area contributed by atoms with Gasteiger partial charge in [-0.15, -0.1) is 0 Å². The number of morpholine rings is 1. The lowest BCUT2D eigenvalue weighted by Crippen LogP contribution is -2.37. The van der Waals surface area contributed by atoms with Crippen molar-refractivity contribution in [3.63, 3.8) is 0 Å². The number of rotatable bonds is 5. The molecule has 11 nitrogen and oxygen atoms in total.